The van der Waals surface area contributed by atoms with E-state index < -0.39 is 6.10 Å². The molecular weight excluding hydrogens is 332 g/mol. The molecule has 1 aliphatic heterocycles. The van der Waals surface area contributed by atoms with Gasteiger partial charge in [-0.2, -0.15) is 0 Å². The predicted octanol–water partition coefficient (Wildman–Crippen LogP) is 4.38. The summed E-state index contributed by atoms with van der Waals surface area (Å²) < 4.78 is 9.42. The summed E-state index contributed by atoms with van der Waals surface area (Å²) in [6, 6.07) is 0. The zero-order valence-corrected chi connectivity index (χ0v) is 16.9. The SMILES string of the molecule is C1CO1.CCCCCCCCCCCCCCCC(=O)OC(CO)CO. The molecule has 5 nitrogen and oxygen atoms in total. The molecule has 26 heavy (non-hydrogen) atoms. The van der Waals surface area contributed by atoms with Crippen molar-refractivity contribution >= 4 is 5.97 Å². The maximum Gasteiger partial charge on any atom is 0.306 e. The van der Waals surface area contributed by atoms with Crippen LogP contribution in [0, 0.1) is 0 Å². The van der Waals surface area contributed by atoms with Crippen LogP contribution in [0.3, 0.4) is 0 Å². The van der Waals surface area contributed by atoms with Gasteiger partial charge in [0.2, 0.25) is 0 Å². The van der Waals surface area contributed by atoms with E-state index in [0.717, 1.165) is 26.1 Å². The summed E-state index contributed by atoms with van der Waals surface area (Å²) in [4.78, 5) is 11.4. The predicted molar refractivity (Wildman–Crippen MR) is 105 cm³/mol. The second kappa shape index (κ2) is 20.7. The fraction of sp³-hybridized carbons (Fsp3) is 0.952. The normalized spacial score (nSPS) is 12.6. The molecule has 0 aliphatic carbocycles. The average molecular weight is 375 g/mol. The van der Waals surface area contributed by atoms with E-state index >= 15 is 0 Å². The number of carbonyl (C=O) groups excluding carboxylic acids is 1. The van der Waals surface area contributed by atoms with Crippen molar-refractivity contribution in [3.8, 4) is 0 Å². The third kappa shape index (κ3) is 21.4. The van der Waals surface area contributed by atoms with Crippen LogP contribution in [-0.2, 0) is 14.3 Å². The Balaban J connectivity index is 0.00000187. The minimum atomic E-state index is -0.760. The van der Waals surface area contributed by atoms with Gasteiger partial charge in [0, 0.05) is 6.42 Å². The number of aliphatic hydroxyl groups excluding tert-OH is 2. The second-order valence-corrected chi connectivity index (χ2v) is 7.08. The molecule has 0 bridgehead atoms. The van der Waals surface area contributed by atoms with Crippen molar-refractivity contribution in [2.45, 2.75) is 103 Å². The highest BCUT2D eigenvalue weighted by Gasteiger charge is 2.11. The molecule has 5 heteroatoms. The first-order chi connectivity index (χ1) is 12.7. The van der Waals surface area contributed by atoms with Crippen molar-refractivity contribution in [3.63, 3.8) is 0 Å². The van der Waals surface area contributed by atoms with Crippen LogP contribution >= 0.6 is 0 Å². The Kier molecular flexibility index (Phi) is 20.1. The molecule has 156 valence electrons. The van der Waals surface area contributed by atoms with E-state index in [4.69, 9.17) is 14.9 Å². The summed E-state index contributed by atoms with van der Waals surface area (Å²) >= 11 is 0. The number of hydrogen-bond acceptors (Lipinski definition) is 5. The van der Waals surface area contributed by atoms with Crippen molar-refractivity contribution in [1.82, 2.24) is 0 Å². The molecule has 0 aromatic rings. The Labute approximate surface area is 160 Å². The number of unbranched alkanes of at least 4 members (excludes halogenated alkanes) is 12. The van der Waals surface area contributed by atoms with Gasteiger partial charge < -0.3 is 19.7 Å². The lowest BCUT2D eigenvalue weighted by Crippen LogP contribution is -2.25. The lowest BCUT2D eigenvalue weighted by molar-refractivity contribution is -0.153. The van der Waals surface area contributed by atoms with Crippen LogP contribution in [0.4, 0.5) is 0 Å². The van der Waals surface area contributed by atoms with E-state index in [1.807, 2.05) is 0 Å². The largest absolute Gasteiger partial charge is 0.457 e. The van der Waals surface area contributed by atoms with Gasteiger partial charge in [0.25, 0.3) is 0 Å². The molecule has 2 N–H and O–H groups in total. The smallest absolute Gasteiger partial charge is 0.306 e. The molecule has 0 saturated carbocycles. The third-order valence-corrected chi connectivity index (χ3v) is 4.39. The highest BCUT2D eigenvalue weighted by Crippen LogP contribution is 2.13. The third-order valence-electron chi connectivity index (χ3n) is 4.39. The Bertz CT molecular complexity index is 287. The van der Waals surface area contributed by atoms with E-state index in [1.54, 1.807) is 0 Å². The van der Waals surface area contributed by atoms with E-state index in [1.165, 1.54) is 70.6 Å². The minimum Gasteiger partial charge on any atom is -0.457 e. The molecule has 0 amide bonds. The molecule has 0 radical (unpaired) electrons. The van der Waals surface area contributed by atoms with Crippen molar-refractivity contribution in [2.75, 3.05) is 26.4 Å². The summed E-state index contributed by atoms with van der Waals surface area (Å²) in [5.41, 5.74) is 0. The number of aliphatic hydroxyl groups is 2. The maximum atomic E-state index is 11.4. The molecule has 1 fully saturated rings. The van der Waals surface area contributed by atoms with E-state index in [0.29, 0.717) is 6.42 Å². The highest BCUT2D eigenvalue weighted by molar-refractivity contribution is 5.69. The van der Waals surface area contributed by atoms with Gasteiger partial charge >= 0.3 is 5.97 Å². The average Bonchev–Trinajstić information content (AvgIpc) is 3.52. The molecule has 0 unspecified atom stereocenters. The van der Waals surface area contributed by atoms with Crippen molar-refractivity contribution in [3.05, 3.63) is 0 Å². The maximum absolute atomic E-state index is 11.4. The van der Waals surface area contributed by atoms with Gasteiger partial charge in [0.1, 0.15) is 6.10 Å². The van der Waals surface area contributed by atoms with Gasteiger partial charge in [-0.3, -0.25) is 4.79 Å². The number of rotatable bonds is 17. The van der Waals surface area contributed by atoms with Gasteiger partial charge in [-0.15, -0.1) is 0 Å². The number of ether oxygens (including phenoxy) is 2. The number of carbonyl (C=O) groups is 1. The first kappa shape index (κ1) is 25.4. The van der Waals surface area contributed by atoms with Gasteiger partial charge in [0.15, 0.2) is 0 Å². The topological polar surface area (TPSA) is 79.3 Å². The zero-order chi connectivity index (χ0) is 19.3. The number of hydrogen-bond donors (Lipinski definition) is 2. The summed E-state index contributed by atoms with van der Waals surface area (Å²) in [6.07, 6.45) is 16.2. The number of epoxide rings is 1. The van der Waals surface area contributed by atoms with Crippen molar-refractivity contribution in [2.24, 2.45) is 0 Å². The van der Waals surface area contributed by atoms with Crippen LogP contribution in [0.25, 0.3) is 0 Å². The van der Waals surface area contributed by atoms with Gasteiger partial charge in [0.05, 0.1) is 26.4 Å². The van der Waals surface area contributed by atoms with Gasteiger partial charge in [-0.25, -0.2) is 0 Å². The molecular formula is C21H42O5. The first-order valence-corrected chi connectivity index (χ1v) is 10.7. The summed E-state index contributed by atoms with van der Waals surface area (Å²) in [5.74, 6) is -0.318. The van der Waals surface area contributed by atoms with Crippen LogP contribution in [0.2, 0.25) is 0 Å². The Hall–Kier alpha value is -0.650. The van der Waals surface area contributed by atoms with Crippen molar-refractivity contribution < 1.29 is 24.5 Å². The van der Waals surface area contributed by atoms with Gasteiger partial charge in [-0.05, 0) is 6.42 Å². The molecule has 1 rings (SSSR count). The molecule has 0 spiro atoms. The Morgan fingerprint density at radius 1 is 0.808 bits per heavy atom. The summed E-state index contributed by atoms with van der Waals surface area (Å²) in [6.45, 7) is 3.62. The molecule has 0 atom stereocenters. The molecule has 0 aromatic carbocycles. The molecule has 1 aliphatic rings. The lowest BCUT2D eigenvalue weighted by atomic mass is 10.0. The standard InChI is InChI=1S/C19H38O4.C2H4O/c1-2-3-4-5-6-7-8-9-10-11-12-13-14-15-19(22)23-18(16-20)17-21;1-2-3-1/h18,20-21H,2-17H2,1H3;1-2H2. The monoisotopic (exact) mass is 374 g/mol. The van der Waals surface area contributed by atoms with Crippen LogP contribution in [0.1, 0.15) is 96.8 Å². The number of esters is 1. The second-order valence-electron chi connectivity index (χ2n) is 7.08. The molecule has 1 heterocycles. The quantitative estimate of drug-likeness (QED) is 0.224. The van der Waals surface area contributed by atoms with Crippen LogP contribution in [-0.4, -0.2) is 48.7 Å². The minimum absolute atomic E-state index is 0.318. The van der Waals surface area contributed by atoms with Crippen LogP contribution in [0.5, 0.6) is 0 Å². The lowest BCUT2D eigenvalue weighted by Gasteiger charge is -2.12. The van der Waals surface area contributed by atoms with Crippen molar-refractivity contribution in [1.29, 1.82) is 0 Å². The van der Waals surface area contributed by atoms with Crippen LogP contribution in [0.15, 0.2) is 0 Å². The zero-order valence-electron chi connectivity index (χ0n) is 16.9. The highest BCUT2D eigenvalue weighted by atomic mass is 16.6. The van der Waals surface area contributed by atoms with E-state index in [2.05, 4.69) is 11.7 Å². The van der Waals surface area contributed by atoms with Crippen LogP contribution < -0.4 is 0 Å². The summed E-state index contributed by atoms with van der Waals surface area (Å²) in [7, 11) is 0. The van der Waals surface area contributed by atoms with Gasteiger partial charge in [-0.1, -0.05) is 84.0 Å². The molecule has 1 saturated heterocycles. The fourth-order valence-corrected chi connectivity index (χ4v) is 2.66. The Morgan fingerprint density at radius 3 is 1.54 bits per heavy atom. The molecule has 0 aromatic heterocycles. The Morgan fingerprint density at radius 2 is 1.19 bits per heavy atom. The summed E-state index contributed by atoms with van der Waals surface area (Å²) in [5, 5.41) is 17.6. The first-order valence-electron chi connectivity index (χ1n) is 10.7. The fourth-order valence-electron chi connectivity index (χ4n) is 2.66. The van der Waals surface area contributed by atoms with E-state index in [-0.39, 0.29) is 19.2 Å². The van der Waals surface area contributed by atoms with E-state index in [9.17, 15) is 4.79 Å².